The number of ether oxygens (including phenoxy) is 1. The molecule has 4 heteroatoms. The molecule has 0 aliphatic heterocycles. The van der Waals surface area contributed by atoms with Gasteiger partial charge in [0.05, 0.1) is 0 Å². The Morgan fingerprint density at radius 1 is 1.12 bits per heavy atom. The molecule has 2 aromatic carbocycles. The Balaban J connectivity index is 2.10. The Morgan fingerprint density at radius 2 is 1.75 bits per heavy atom. The molecule has 0 spiro atoms. The summed E-state index contributed by atoms with van der Waals surface area (Å²) >= 11 is 6.02. The summed E-state index contributed by atoms with van der Waals surface area (Å²) in [7, 11) is 0. The van der Waals surface area contributed by atoms with Crippen LogP contribution in [0.15, 0.2) is 30.3 Å². The summed E-state index contributed by atoms with van der Waals surface area (Å²) in [4.78, 5) is 12.3. The lowest BCUT2D eigenvalue weighted by atomic mass is 9.98. The van der Waals surface area contributed by atoms with Gasteiger partial charge in [-0.25, -0.2) is 0 Å². The number of hydrogen-bond acceptors (Lipinski definition) is 2. The van der Waals surface area contributed by atoms with Crippen molar-refractivity contribution in [2.24, 2.45) is 0 Å². The Kier molecular flexibility index (Phi) is 5.89. The third kappa shape index (κ3) is 4.30. The number of hydrogen-bond donors (Lipinski definition) is 1. The van der Waals surface area contributed by atoms with E-state index in [4.69, 9.17) is 16.3 Å². The molecule has 2 aromatic rings. The first-order valence-corrected chi connectivity index (χ1v) is 8.46. The van der Waals surface area contributed by atoms with Crippen molar-refractivity contribution in [3.8, 4) is 5.75 Å². The summed E-state index contributed by atoms with van der Waals surface area (Å²) in [5.41, 5.74) is 4.90. The van der Waals surface area contributed by atoms with Crippen LogP contribution < -0.4 is 10.1 Å². The van der Waals surface area contributed by atoms with E-state index >= 15 is 0 Å². The van der Waals surface area contributed by atoms with E-state index in [9.17, 15) is 4.79 Å². The van der Waals surface area contributed by atoms with Crippen LogP contribution in [-0.4, -0.2) is 12.5 Å². The lowest BCUT2D eigenvalue weighted by Crippen LogP contribution is -2.22. The summed E-state index contributed by atoms with van der Waals surface area (Å²) in [6.45, 7) is 10.0. The van der Waals surface area contributed by atoms with Crippen molar-refractivity contribution >= 4 is 23.2 Å². The monoisotopic (exact) mass is 345 g/mol. The van der Waals surface area contributed by atoms with E-state index in [0.29, 0.717) is 16.7 Å². The average molecular weight is 346 g/mol. The van der Waals surface area contributed by atoms with Crippen molar-refractivity contribution in [1.29, 1.82) is 0 Å². The third-order valence-electron chi connectivity index (χ3n) is 3.96. The molecule has 0 aromatic heterocycles. The van der Waals surface area contributed by atoms with Crippen LogP contribution in [0.4, 0.5) is 5.69 Å². The van der Waals surface area contributed by atoms with E-state index in [1.165, 1.54) is 0 Å². The quantitative estimate of drug-likeness (QED) is 0.787. The zero-order valence-corrected chi connectivity index (χ0v) is 15.6. The number of benzene rings is 2. The molecule has 3 nitrogen and oxygen atoms in total. The molecule has 2 rings (SSSR count). The topological polar surface area (TPSA) is 38.3 Å². The second-order valence-corrected chi connectivity index (χ2v) is 6.84. The molecule has 0 heterocycles. The maximum absolute atomic E-state index is 12.3. The normalized spacial score (nSPS) is 10.8. The second kappa shape index (κ2) is 7.71. The van der Waals surface area contributed by atoms with Gasteiger partial charge < -0.3 is 10.1 Å². The van der Waals surface area contributed by atoms with Gasteiger partial charge in [0.2, 0.25) is 0 Å². The SMILES string of the molecule is Cc1cccc(C(C)C)c1NC(=O)COc1c(C)cc(Cl)cc1C. The summed E-state index contributed by atoms with van der Waals surface area (Å²) in [5.74, 6) is 0.880. The number of para-hydroxylation sites is 1. The van der Waals surface area contributed by atoms with Crippen LogP contribution in [0.1, 0.15) is 42.0 Å². The van der Waals surface area contributed by atoms with Crippen molar-refractivity contribution in [3.63, 3.8) is 0 Å². The van der Waals surface area contributed by atoms with Gasteiger partial charge in [0.15, 0.2) is 6.61 Å². The Labute approximate surface area is 149 Å². The van der Waals surface area contributed by atoms with Gasteiger partial charge in [-0.1, -0.05) is 43.6 Å². The highest BCUT2D eigenvalue weighted by Crippen LogP contribution is 2.28. The standard InChI is InChI=1S/C20H24ClNO2/c1-12(2)17-8-6-7-13(3)19(17)22-18(23)11-24-20-14(4)9-16(21)10-15(20)5/h6-10,12H,11H2,1-5H3,(H,22,23). The number of nitrogens with one attached hydrogen (secondary N) is 1. The molecule has 1 N–H and O–H groups in total. The number of rotatable bonds is 5. The predicted octanol–water partition coefficient (Wildman–Crippen LogP) is 5.41. The van der Waals surface area contributed by atoms with Crippen LogP contribution >= 0.6 is 11.6 Å². The first-order chi connectivity index (χ1) is 11.3. The van der Waals surface area contributed by atoms with E-state index in [-0.39, 0.29) is 12.5 Å². The van der Waals surface area contributed by atoms with E-state index in [1.54, 1.807) is 0 Å². The van der Waals surface area contributed by atoms with Crippen molar-refractivity contribution in [2.75, 3.05) is 11.9 Å². The zero-order chi connectivity index (χ0) is 17.9. The van der Waals surface area contributed by atoms with E-state index in [0.717, 1.165) is 27.9 Å². The first-order valence-electron chi connectivity index (χ1n) is 8.08. The minimum absolute atomic E-state index is 0.0326. The van der Waals surface area contributed by atoms with E-state index in [2.05, 4.69) is 19.2 Å². The molecule has 0 unspecified atom stereocenters. The fourth-order valence-electron chi connectivity index (χ4n) is 2.78. The Morgan fingerprint density at radius 3 is 2.33 bits per heavy atom. The molecule has 24 heavy (non-hydrogen) atoms. The van der Waals surface area contributed by atoms with E-state index < -0.39 is 0 Å². The zero-order valence-electron chi connectivity index (χ0n) is 14.9. The van der Waals surface area contributed by atoms with Crippen LogP contribution in [-0.2, 0) is 4.79 Å². The van der Waals surface area contributed by atoms with Crippen molar-refractivity contribution in [2.45, 2.75) is 40.5 Å². The molecule has 0 bridgehead atoms. The minimum Gasteiger partial charge on any atom is -0.483 e. The minimum atomic E-state index is -0.167. The largest absolute Gasteiger partial charge is 0.483 e. The van der Waals surface area contributed by atoms with Gasteiger partial charge in [0.1, 0.15) is 5.75 Å². The van der Waals surface area contributed by atoms with Crippen molar-refractivity contribution in [1.82, 2.24) is 0 Å². The first kappa shape index (κ1) is 18.3. The van der Waals surface area contributed by atoms with Crippen molar-refractivity contribution in [3.05, 3.63) is 57.6 Å². The molecule has 0 saturated heterocycles. The van der Waals surface area contributed by atoms with Crippen LogP contribution in [0.3, 0.4) is 0 Å². The maximum atomic E-state index is 12.3. The van der Waals surface area contributed by atoms with Gasteiger partial charge >= 0.3 is 0 Å². The van der Waals surface area contributed by atoms with Gasteiger partial charge in [-0.15, -0.1) is 0 Å². The molecule has 0 aliphatic rings. The van der Waals surface area contributed by atoms with Crippen LogP contribution in [0, 0.1) is 20.8 Å². The molecule has 0 atom stereocenters. The van der Waals surface area contributed by atoms with Gasteiger partial charge in [-0.05, 0) is 61.1 Å². The predicted molar refractivity (Wildman–Crippen MR) is 100 cm³/mol. The van der Waals surface area contributed by atoms with Gasteiger partial charge in [-0.3, -0.25) is 4.79 Å². The summed E-state index contributed by atoms with van der Waals surface area (Å²) in [5, 5.41) is 3.66. The lowest BCUT2D eigenvalue weighted by molar-refractivity contribution is -0.118. The lowest BCUT2D eigenvalue weighted by Gasteiger charge is -2.17. The molecule has 0 radical (unpaired) electrons. The molecule has 1 amide bonds. The number of halogens is 1. The van der Waals surface area contributed by atoms with Gasteiger partial charge in [-0.2, -0.15) is 0 Å². The number of carbonyl (C=O) groups is 1. The molecular weight excluding hydrogens is 322 g/mol. The highest BCUT2D eigenvalue weighted by molar-refractivity contribution is 6.30. The highest BCUT2D eigenvalue weighted by Gasteiger charge is 2.13. The van der Waals surface area contributed by atoms with E-state index in [1.807, 2.05) is 51.1 Å². The Bertz CT molecular complexity index is 730. The smallest absolute Gasteiger partial charge is 0.262 e. The molecular formula is C20H24ClNO2. The maximum Gasteiger partial charge on any atom is 0.262 e. The van der Waals surface area contributed by atoms with Crippen LogP contribution in [0.5, 0.6) is 5.75 Å². The molecule has 128 valence electrons. The summed E-state index contributed by atoms with van der Waals surface area (Å²) in [6, 6.07) is 9.72. The number of carbonyl (C=O) groups excluding carboxylic acids is 1. The fourth-order valence-corrected chi connectivity index (χ4v) is 3.11. The van der Waals surface area contributed by atoms with Gasteiger partial charge in [0, 0.05) is 10.7 Å². The van der Waals surface area contributed by atoms with Crippen LogP contribution in [0.2, 0.25) is 5.02 Å². The number of aryl methyl sites for hydroxylation is 3. The second-order valence-electron chi connectivity index (χ2n) is 6.40. The average Bonchev–Trinajstić information content (AvgIpc) is 2.47. The number of anilines is 1. The molecule has 0 saturated carbocycles. The summed E-state index contributed by atoms with van der Waals surface area (Å²) in [6.07, 6.45) is 0. The Hall–Kier alpha value is -2.00. The van der Waals surface area contributed by atoms with Crippen LogP contribution in [0.25, 0.3) is 0 Å². The third-order valence-corrected chi connectivity index (χ3v) is 4.18. The van der Waals surface area contributed by atoms with Gasteiger partial charge in [0.25, 0.3) is 5.91 Å². The molecule has 0 aliphatic carbocycles. The number of amides is 1. The van der Waals surface area contributed by atoms with Crippen molar-refractivity contribution < 1.29 is 9.53 Å². The highest BCUT2D eigenvalue weighted by atomic mass is 35.5. The fraction of sp³-hybridized carbons (Fsp3) is 0.350. The summed E-state index contributed by atoms with van der Waals surface area (Å²) < 4.78 is 5.73. The molecule has 0 fully saturated rings.